The zero-order valence-electron chi connectivity index (χ0n) is 11.2. The lowest BCUT2D eigenvalue weighted by Gasteiger charge is -2.16. The van der Waals surface area contributed by atoms with E-state index in [1.54, 1.807) is 0 Å². The Morgan fingerprint density at radius 1 is 1.32 bits per heavy atom. The molecule has 0 amide bonds. The highest BCUT2D eigenvalue weighted by molar-refractivity contribution is 5.50. The van der Waals surface area contributed by atoms with E-state index in [0.717, 1.165) is 0 Å². The van der Waals surface area contributed by atoms with Crippen LogP contribution in [0.1, 0.15) is 38.7 Å². The number of ether oxygens (including phenoxy) is 1. The van der Waals surface area contributed by atoms with E-state index in [9.17, 15) is 13.2 Å². The topological polar surface area (TPSA) is 47.0 Å². The first-order valence-corrected chi connectivity index (χ1v) is 6.13. The molecule has 0 spiro atoms. The molecule has 19 heavy (non-hydrogen) atoms. The predicted molar refractivity (Wildman–Crippen MR) is 66.5 cm³/mol. The lowest BCUT2D eigenvalue weighted by molar-refractivity contribution is -0.139. The lowest BCUT2D eigenvalue weighted by atomic mass is 10.1. The molecule has 1 aromatic heterocycles. The monoisotopic (exact) mass is 277 g/mol. The maximum absolute atomic E-state index is 12.1. The van der Waals surface area contributed by atoms with Crippen molar-refractivity contribution in [1.82, 2.24) is 9.97 Å². The van der Waals surface area contributed by atoms with Crippen molar-refractivity contribution in [1.29, 1.82) is 0 Å². The standard InChI is InChI=1S/C12H18F3N3O/c1-4-16-10-9(8(2)3)11(18-7-17-10)19-6-5-12(13,14)15/h7-8H,4-6H2,1-3H3,(H,16,17,18). The van der Waals surface area contributed by atoms with Crippen molar-refractivity contribution in [3.8, 4) is 5.88 Å². The molecule has 0 aliphatic rings. The minimum atomic E-state index is -4.23. The summed E-state index contributed by atoms with van der Waals surface area (Å²) >= 11 is 0. The van der Waals surface area contributed by atoms with Gasteiger partial charge in [-0.3, -0.25) is 0 Å². The molecule has 108 valence electrons. The van der Waals surface area contributed by atoms with Crippen LogP contribution in [-0.2, 0) is 0 Å². The third kappa shape index (κ3) is 4.92. The first-order chi connectivity index (χ1) is 8.85. The second kappa shape index (κ2) is 6.58. The molecule has 7 heteroatoms. The van der Waals surface area contributed by atoms with Crippen LogP contribution in [0.25, 0.3) is 0 Å². The van der Waals surface area contributed by atoms with Gasteiger partial charge in [0.1, 0.15) is 12.1 Å². The average molecular weight is 277 g/mol. The predicted octanol–water partition coefficient (Wildman–Crippen LogP) is 3.36. The Labute approximate surface area is 110 Å². The van der Waals surface area contributed by atoms with E-state index in [0.29, 0.717) is 17.9 Å². The van der Waals surface area contributed by atoms with Gasteiger partial charge in [-0.1, -0.05) is 13.8 Å². The number of anilines is 1. The Balaban J connectivity index is 2.84. The number of nitrogens with one attached hydrogen (secondary N) is 1. The number of nitrogens with zero attached hydrogens (tertiary/aromatic N) is 2. The van der Waals surface area contributed by atoms with Crippen LogP contribution in [0.3, 0.4) is 0 Å². The zero-order valence-corrected chi connectivity index (χ0v) is 11.2. The largest absolute Gasteiger partial charge is 0.477 e. The third-order valence-corrected chi connectivity index (χ3v) is 2.39. The Hall–Kier alpha value is -1.53. The zero-order chi connectivity index (χ0) is 14.5. The van der Waals surface area contributed by atoms with Gasteiger partial charge in [-0.2, -0.15) is 13.2 Å². The second-order valence-electron chi connectivity index (χ2n) is 4.34. The highest BCUT2D eigenvalue weighted by atomic mass is 19.4. The van der Waals surface area contributed by atoms with Crippen LogP contribution in [-0.4, -0.2) is 29.3 Å². The van der Waals surface area contributed by atoms with Gasteiger partial charge in [0.25, 0.3) is 0 Å². The fourth-order valence-electron chi connectivity index (χ4n) is 1.59. The molecule has 0 aliphatic heterocycles. The van der Waals surface area contributed by atoms with Crippen molar-refractivity contribution < 1.29 is 17.9 Å². The number of hydrogen-bond acceptors (Lipinski definition) is 4. The molecule has 1 heterocycles. The molecule has 0 bridgehead atoms. The smallest absolute Gasteiger partial charge is 0.392 e. The third-order valence-electron chi connectivity index (χ3n) is 2.39. The van der Waals surface area contributed by atoms with Crippen molar-refractivity contribution in [2.75, 3.05) is 18.5 Å². The van der Waals surface area contributed by atoms with Crippen molar-refractivity contribution in [3.63, 3.8) is 0 Å². The Morgan fingerprint density at radius 2 is 2.00 bits per heavy atom. The molecular weight excluding hydrogens is 259 g/mol. The SMILES string of the molecule is CCNc1ncnc(OCCC(F)(F)F)c1C(C)C. The number of aromatic nitrogens is 2. The fraction of sp³-hybridized carbons (Fsp3) is 0.667. The van der Waals surface area contributed by atoms with E-state index in [-0.39, 0.29) is 11.8 Å². The maximum atomic E-state index is 12.1. The van der Waals surface area contributed by atoms with Gasteiger partial charge in [0, 0.05) is 6.54 Å². The molecule has 1 rings (SSSR count). The van der Waals surface area contributed by atoms with Gasteiger partial charge in [0.05, 0.1) is 18.6 Å². The Kier molecular flexibility index (Phi) is 5.38. The van der Waals surface area contributed by atoms with Gasteiger partial charge in [-0.25, -0.2) is 9.97 Å². The van der Waals surface area contributed by atoms with E-state index >= 15 is 0 Å². The second-order valence-corrected chi connectivity index (χ2v) is 4.34. The maximum Gasteiger partial charge on any atom is 0.392 e. The molecule has 0 saturated heterocycles. The Morgan fingerprint density at radius 3 is 2.53 bits per heavy atom. The van der Waals surface area contributed by atoms with Crippen LogP contribution < -0.4 is 10.1 Å². The first kappa shape index (κ1) is 15.5. The van der Waals surface area contributed by atoms with E-state index < -0.39 is 19.2 Å². The van der Waals surface area contributed by atoms with Gasteiger partial charge >= 0.3 is 6.18 Å². The van der Waals surface area contributed by atoms with Crippen LogP contribution >= 0.6 is 0 Å². The highest BCUT2D eigenvalue weighted by Gasteiger charge is 2.27. The number of halogens is 3. The molecular formula is C12H18F3N3O. The molecule has 0 radical (unpaired) electrons. The van der Waals surface area contributed by atoms with Crippen molar-refractivity contribution in [2.45, 2.75) is 39.3 Å². The van der Waals surface area contributed by atoms with E-state index in [1.165, 1.54) is 6.33 Å². The van der Waals surface area contributed by atoms with Crippen LogP contribution in [0.5, 0.6) is 5.88 Å². The molecule has 1 N–H and O–H groups in total. The van der Waals surface area contributed by atoms with Gasteiger partial charge in [0.15, 0.2) is 0 Å². The molecule has 0 atom stereocenters. The molecule has 0 unspecified atom stereocenters. The van der Waals surface area contributed by atoms with Gasteiger partial charge in [-0.05, 0) is 12.8 Å². The summed E-state index contributed by atoms with van der Waals surface area (Å²) in [6.07, 6.45) is -3.94. The summed E-state index contributed by atoms with van der Waals surface area (Å²) < 4.78 is 41.4. The summed E-state index contributed by atoms with van der Waals surface area (Å²) in [5.74, 6) is 0.871. The summed E-state index contributed by atoms with van der Waals surface area (Å²) in [4.78, 5) is 8.00. The van der Waals surface area contributed by atoms with Crippen molar-refractivity contribution in [2.24, 2.45) is 0 Å². The molecule has 0 aromatic carbocycles. The van der Waals surface area contributed by atoms with E-state index in [2.05, 4.69) is 15.3 Å². The van der Waals surface area contributed by atoms with Crippen LogP contribution in [0.4, 0.5) is 19.0 Å². The first-order valence-electron chi connectivity index (χ1n) is 6.13. The van der Waals surface area contributed by atoms with Crippen LogP contribution in [0.2, 0.25) is 0 Å². The summed E-state index contributed by atoms with van der Waals surface area (Å²) in [5, 5.41) is 3.05. The summed E-state index contributed by atoms with van der Waals surface area (Å²) in [6.45, 7) is 5.97. The van der Waals surface area contributed by atoms with Gasteiger partial charge in [0.2, 0.25) is 5.88 Å². The lowest BCUT2D eigenvalue weighted by Crippen LogP contribution is -2.15. The Bertz CT molecular complexity index is 408. The molecule has 0 saturated carbocycles. The van der Waals surface area contributed by atoms with E-state index in [1.807, 2.05) is 20.8 Å². The van der Waals surface area contributed by atoms with Gasteiger partial charge < -0.3 is 10.1 Å². The summed E-state index contributed by atoms with van der Waals surface area (Å²) in [6, 6.07) is 0. The van der Waals surface area contributed by atoms with Crippen molar-refractivity contribution >= 4 is 5.82 Å². The quantitative estimate of drug-likeness (QED) is 0.866. The highest BCUT2D eigenvalue weighted by Crippen LogP contribution is 2.30. The normalized spacial score (nSPS) is 11.7. The molecule has 4 nitrogen and oxygen atoms in total. The minimum Gasteiger partial charge on any atom is -0.477 e. The number of hydrogen-bond donors (Lipinski definition) is 1. The average Bonchev–Trinajstić information content (AvgIpc) is 2.27. The molecule has 1 aromatic rings. The summed E-state index contributed by atoms with van der Waals surface area (Å²) in [7, 11) is 0. The number of alkyl halides is 3. The summed E-state index contributed by atoms with van der Waals surface area (Å²) in [5.41, 5.74) is 0.700. The minimum absolute atomic E-state index is 0.0520. The molecule has 0 fully saturated rings. The van der Waals surface area contributed by atoms with Crippen molar-refractivity contribution in [3.05, 3.63) is 11.9 Å². The fourth-order valence-corrected chi connectivity index (χ4v) is 1.59. The number of rotatable bonds is 6. The van der Waals surface area contributed by atoms with Crippen LogP contribution in [0, 0.1) is 0 Å². The van der Waals surface area contributed by atoms with Crippen LogP contribution in [0.15, 0.2) is 6.33 Å². The van der Waals surface area contributed by atoms with Gasteiger partial charge in [-0.15, -0.1) is 0 Å². The molecule has 0 aliphatic carbocycles. The van der Waals surface area contributed by atoms with E-state index in [4.69, 9.17) is 4.74 Å².